The third-order valence-electron chi connectivity index (χ3n) is 4.00. The molecule has 0 aliphatic carbocycles. The molecule has 0 fully saturated rings. The van der Waals surface area contributed by atoms with Crippen molar-refractivity contribution in [3.8, 4) is 11.5 Å². The van der Waals surface area contributed by atoms with Crippen LogP contribution in [0.25, 0.3) is 0 Å². The zero-order valence-electron chi connectivity index (χ0n) is 15.4. The van der Waals surface area contributed by atoms with Crippen LogP contribution < -0.4 is 14.8 Å². The van der Waals surface area contributed by atoms with E-state index in [0.717, 1.165) is 11.1 Å². The van der Waals surface area contributed by atoms with Gasteiger partial charge in [-0.25, -0.2) is 0 Å². The highest BCUT2D eigenvalue weighted by Gasteiger charge is 2.08. The summed E-state index contributed by atoms with van der Waals surface area (Å²) in [5.74, 6) is 0.299. The second-order valence-electron chi connectivity index (χ2n) is 6.11. The van der Waals surface area contributed by atoms with Crippen LogP contribution in [0.1, 0.15) is 30.4 Å². The molecule has 2 rings (SSSR count). The Kier molecular flexibility index (Phi) is 8.16. The lowest BCUT2D eigenvalue weighted by molar-refractivity contribution is -0.137. The van der Waals surface area contributed by atoms with Crippen LogP contribution in [-0.4, -0.2) is 30.6 Å². The highest BCUT2D eigenvalue weighted by Crippen LogP contribution is 2.29. The first-order valence-corrected chi connectivity index (χ1v) is 8.90. The highest BCUT2D eigenvalue weighted by molar-refractivity contribution is 5.76. The molecule has 27 heavy (non-hydrogen) atoms. The van der Waals surface area contributed by atoms with Crippen LogP contribution in [0.2, 0.25) is 0 Å². The van der Waals surface area contributed by atoms with Gasteiger partial charge in [-0.3, -0.25) is 9.59 Å². The Morgan fingerprint density at radius 1 is 1.00 bits per heavy atom. The normalized spacial score (nSPS) is 10.3. The molecule has 2 N–H and O–H groups in total. The summed E-state index contributed by atoms with van der Waals surface area (Å²) in [5.41, 5.74) is 2.09. The lowest BCUT2D eigenvalue weighted by Gasteiger charge is -2.13. The van der Waals surface area contributed by atoms with Crippen LogP contribution in [-0.2, 0) is 22.6 Å². The van der Waals surface area contributed by atoms with Gasteiger partial charge in [0, 0.05) is 19.4 Å². The van der Waals surface area contributed by atoms with Crippen molar-refractivity contribution >= 4 is 11.9 Å². The number of ether oxygens (including phenoxy) is 2. The minimum absolute atomic E-state index is 0.00795. The Balaban J connectivity index is 1.84. The molecule has 0 radical (unpaired) electrons. The number of carbonyl (C=O) groups excluding carboxylic acids is 1. The van der Waals surface area contributed by atoms with Crippen LogP contribution in [0, 0.1) is 0 Å². The molecule has 0 heterocycles. The molecule has 0 unspecified atom stereocenters. The number of hydrogen-bond donors (Lipinski definition) is 2. The van der Waals surface area contributed by atoms with Crippen molar-refractivity contribution in [2.24, 2.45) is 0 Å². The number of carbonyl (C=O) groups is 2. The molecule has 0 bridgehead atoms. The molecule has 144 valence electrons. The van der Waals surface area contributed by atoms with Crippen molar-refractivity contribution in [2.75, 3.05) is 13.7 Å². The Bertz CT molecular complexity index is 745. The van der Waals surface area contributed by atoms with Gasteiger partial charge >= 0.3 is 5.97 Å². The number of nitrogens with one attached hydrogen (secondary N) is 1. The number of methoxy groups -OCH3 is 1. The standard InChI is InChI=1S/C21H25NO5/c1-26-18-11-10-16(12-13-22-20(23)8-5-9-21(24)25)14-19(18)27-15-17-6-3-2-4-7-17/h2-4,6-7,10-11,14H,5,8-9,12-13,15H2,1H3,(H,22,23)(H,24,25). The summed E-state index contributed by atoms with van der Waals surface area (Å²) in [5, 5.41) is 11.4. The number of aliphatic carboxylic acids is 1. The minimum Gasteiger partial charge on any atom is -0.493 e. The van der Waals surface area contributed by atoms with Gasteiger partial charge in [0.05, 0.1) is 7.11 Å². The lowest BCUT2D eigenvalue weighted by atomic mass is 10.1. The summed E-state index contributed by atoms with van der Waals surface area (Å²) in [7, 11) is 1.60. The van der Waals surface area contributed by atoms with Gasteiger partial charge in [-0.05, 0) is 36.1 Å². The van der Waals surface area contributed by atoms with Gasteiger partial charge in [0.25, 0.3) is 0 Å². The van der Waals surface area contributed by atoms with Crippen LogP contribution in [0.15, 0.2) is 48.5 Å². The smallest absolute Gasteiger partial charge is 0.303 e. The Morgan fingerprint density at radius 2 is 1.78 bits per heavy atom. The number of carboxylic acid groups (broad SMARTS) is 1. The summed E-state index contributed by atoms with van der Waals surface area (Å²) < 4.78 is 11.2. The monoisotopic (exact) mass is 371 g/mol. The van der Waals surface area contributed by atoms with Crippen LogP contribution in [0.5, 0.6) is 11.5 Å². The van der Waals surface area contributed by atoms with Crippen molar-refractivity contribution in [2.45, 2.75) is 32.3 Å². The molecular formula is C21H25NO5. The predicted molar refractivity (Wildman–Crippen MR) is 102 cm³/mol. The first-order valence-electron chi connectivity index (χ1n) is 8.90. The molecule has 1 amide bonds. The van der Waals surface area contributed by atoms with Gasteiger partial charge in [0.1, 0.15) is 6.61 Å². The second-order valence-corrected chi connectivity index (χ2v) is 6.11. The number of rotatable bonds is 11. The SMILES string of the molecule is COc1ccc(CCNC(=O)CCCC(=O)O)cc1OCc1ccccc1. The minimum atomic E-state index is -0.885. The molecule has 0 aromatic heterocycles. The fraction of sp³-hybridized carbons (Fsp3) is 0.333. The van der Waals surface area contributed by atoms with Crippen molar-refractivity contribution in [3.05, 3.63) is 59.7 Å². The summed E-state index contributed by atoms with van der Waals surface area (Å²) in [6, 6.07) is 15.6. The molecule has 0 atom stereocenters. The van der Waals surface area contributed by atoms with E-state index in [0.29, 0.717) is 37.5 Å². The zero-order valence-corrected chi connectivity index (χ0v) is 15.4. The third kappa shape index (κ3) is 7.40. The average molecular weight is 371 g/mol. The van der Waals surface area contributed by atoms with E-state index in [2.05, 4.69) is 5.32 Å². The van der Waals surface area contributed by atoms with E-state index in [1.54, 1.807) is 7.11 Å². The summed E-state index contributed by atoms with van der Waals surface area (Å²) in [6.07, 6.45) is 1.23. The Morgan fingerprint density at radius 3 is 2.48 bits per heavy atom. The summed E-state index contributed by atoms with van der Waals surface area (Å²) >= 11 is 0. The van der Waals surface area contributed by atoms with E-state index in [1.807, 2.05) is 48.5 Å². The van der Waals surface area contributed by atoms with Crippen LogP contribution in [0.3, 0.4) is 0 Å². The van der Waals surface area contributed by atoms with Gasteiger partial charge in [0.15, 0.2) is 11.5 Å². The first-order chi connectivity index (χ1) is 13.1. The number of benzene rings is 2. The zero-order chi connectivity index (χ0) is 19.5. The number of carboxylic acids is 1. The molecule has 0 aliphatic rings. The molecule has 0 spiro atoms. The predicted octanol–water partition coefficient (Wildman–Crippen LogP) is 3.19. The molecular weight excluding hydrogens is 346 g/mol. The summed E-state index contributed by atoms with van der Waals surface area (Å²) in [4.78, 5) is 22.1. The number of amides is 1. The number of hydrogen-bond acceptors (Lipinski definition) is 4. The Hall–Kier alpha value is -3.02. The third-order valence-corrected chi connectivity index (χ3v) is 4.00. The fourth-order valence-electron chi connectivity index (χ4n) is 2.56. The highest BCUT2D eigenvalue weighted by atomic mass is 16.5. The van der Waals surface area contributed by atoms with Crippen molar-refractivity contribution in [1.29, 1.82) is 0 Å². The van der Waals surface area contributed by atoms with Gasteiger partial charge in [-0.15, -0.1) is 0 Å². The van der Waals surface area contributed by atoms with Gasteiger partial charge < -0.3 is 19.9 Å². The molecule has 6 heteroatoms. The molecule has 2 aromatic carbocycles. The van der Waals surface area contributed by atoms with Crippen LogP contribution in [0.4, 0.5) is 0 Å². The quantitative estimate of drug-likeness (QED) is 0.634. The second kappa shape index (κ2) is 10.9. The van der Waals surface area contributed by atoms with E-state index in [9.17, 15) is 9.59 Å². The molecule has 6 nitrogen and oxygen atoms in total. The maximum absolute atomic E-state index is 11.7. The largest absolute Gasteiger partial charge is 0.493 e. The molecule has 0 saturated carbocycles. The topological polar surface area (TPSA) is 84.9 Å². The Labute approximate surface area is 159 Å². The van der Waals surface area contributed by atoms with Crippen molar-refractivity contribution in [3.63, 3.8) is 0 Å². The molecule has 0 aliphatic heterocycles. The van der Waals surface area contributed by atoms with Gasteiger partial charge in [-0.1, -0.05) is 36.4 Å². The maximum Gasteiger partial charge on any atom is 0.303 e. The van der Waals surface area contributed by atoms with E-state index in [-0.39, 0.29) is 18.7 Å². The van der Waals surface area contributed by atoms with E-state index >= 15 is 0 Å². The van der Waals surface area contributed by atoms with Crippen molar-refractivity contribution < 1.29 is 24.2 Å². The van der Waals surface area contributed by atoms with Crippen molar-refractivity contribution in [1.82, 2.24) is 5.32 Å². The van der Waals surface area contributed by atoms with E-state index < -0.39 is 5.97 Å². The van der Waals surface area contributed by atoms with Gasteiger partial charge in [-0.2, -0.15) is 0 Å². The van der Waals surface area contributed by atoms with E-state index in [1.165, 1.54) is 0 Å². The molecule has 2 aromatic rings. The average Bonchev–Trinajstić information content (AvgIpc) is 2.67. The van der Waals surface area contributed by atoms with E-state index in [4.69, 9.17) is 14.6 Å². The maximum atomic E-state index is 11.7. The summed E-state index contributed by atoms with van der Waals surface area (Å²) in [6.45, 7) is 0.928. The van der Waals surface area contributed by atoms with Crippen LogP contribution >= 0.6 is 0 Å². The fourth-order valence-corrected chi connectivity index (χ4v) is 2.56. The molecule has 0 saturated heterocycles. The lowest BCUT2D eigenvalue weighted by Crippen LogP contribution is -2.25. The van der Waals surface area contributed by atoms with Gasteiger partial charge in [0.2, 0.25) is 5.91 Å². The first kappa shape index (κ1) is 20.3.